The van der Waals surface area contributed by atoms with E-state index >= 15 is 0 Å². The maximum absolute atomic E-state index is 10.9. The number of nitrogens with zero attached hydrogens (tertiary/aromatic N) is 3. The van der Waals surface area contributed by atoms with Crippen molar-refractivity contribution in [2.24, 2.45) is 0 Å². The summed E-state index contributed by atoms with van der Waals surface area (Å²) in [4.78, 5) is 10.4. The Morgan fingerprint density at radius 3 is 3.05 bits per heavy atom. The quantitative estimate of drug-likeness (QED) is 0.650. The minimum absolute atomic E-state index is 0.0985. The van der Waals surface area contributed by atoms with Gasteiger partial charge in [-0.05, 0) is 19.1 Å². The van der Waals surface area contributed by atoms with Gasteiger partial charge in [-0.3, -0.25) is 10.1 Å². The fourth-order valence-corrected chi connectivity index (χ4v) is 2.30. The number of ether oxygens (including phenoxy) is 1. The Balaban J connectivity index is 2.14. The van der Waals surface area contributed by atoms with Crippen molar-refractivity contribution in [1.82, 2.24) is 9.59 Å². The molecule has 0 radical (unpaired) electrons. The molecule has 2 rings (SSSR count). The monoisotopic (exact) mass is 314 g/mol. The number of hydrogen-bond donors (Lipinski definition) is 1. The summed E-state index contributed by atoms with van der Waals surface area (Å²) in [6.45, 7) is 2.79. The standard InChI is InChI=1S/C11H11ClN4O3S/c1-2-13-11-8(14-15-20-11)6-19-10-4-3-7(12)5-9(10)16(17)18/h3-5,13H,2,6H2,1H3. The van der Waals surface area contributed by atoms with E-state index in [1.165, 1.54) is 29.7 Å². The second kappa shape index (κ2) is 6.49. The fraction of sp³-hybridized carbons (Fsp3) is 0.273. The lowest BCUT2D eigenvalue weighted by Gasteiger charge is -2.06. The van der Waals surface area contributed by atoms with Crippen LogP contribution >= 0.6 is 23.1 Å². The summed E-state index contributed by atoms with van der Waals surface area (Å²) < 4.78 is 9.27. The Bertz CT molecular complexity index is 619. The molecule has 7 nitrogen and oxygen atoms in total. The van der Waals surface area contributed by atoms with Crippen molar-refractivity contribution in [2.45, 2.75) is 13.5 Å². The molecule has 0 atom stereocenters. The van der Waals surface area contributed by atoms with E-state index < -0.39 is 4.92 Å². The van der Waals surface area contributed by atoms with Crippen molar-refractivity contribution in [3.8, 4) is 5.75 Å². The van der Waals surface area contributed by atoms with E-state index in [9.17, 15) is 10.1 Å². The summed E-state index contributed by atoms with van der Waals surface area (Å²) in [5.74, 6) is 0.148. The molecule has 0 aliphatic rings. The van der Waals surface area contributed by atoms with Crippen LogP contribution in [0.15, 0.2) is 18.2 Å². The molecule has 0 aliphatic carbocycles. The number of benzene rings is 1. The smallest absolute Gasteiger partial charge is 0.312 e. The number of aromatic nitrogens is 2. The first-order valence-corrected chi connectivity index (χ1v) is 6.88. The van der Waals surface area contributed by atoms with Crippen molar-refractivity contribution in [3.63, 3.8) is 0 Å². The van der Waals surface area contributed by atoms with E-state index in [4.69, 9.17) is 16.3 Å². The van der Waals surface area contributed by atoms with Crippen molar-refractivity contribution in [1.29, 1.82) is 0 Å². The minimum atomic E-state index is -0.536. The van der Waals surface area contributed by atoms with Crippen LogP contribution in [0.1, 0.15) is 12.6 Å². The normalized spacial score (nSPS) is 10.3. The third-order valence-corrected chi connectivity index (χ3v) is 3.34. The highest BCUT2D eigenvalue weighted by atomic mass is 35.5. The molecule has 0 saturated carbocycles. The van der Waals surface area contributed by atoms with E-state index in [1.807, 2.05) is 6.92 Å². The van der Waals surface area contributed by atoms with E-state index in [1.54, 1.807) is 0 Å². The van der Waals surface area contributed by atoms with Gasteiger partial charge in [0.1, 0.15) is 17.3 Å². The zero-order valence-corrected chi connectivity index (χ0v) is 12.1. The summed E-state index contributed by atoms with van der Waals surface area (Å²) in [6, 6.07) is 4.25. The molecular formula is C11H11ClN4O3S. The number of rotatable bonds is 6. The molecule has 0 aliphatic heterocycles. The average Bonchev–Trinajstić information content (AvgIpc) is 2.85. The second-order valence-corrected chi connectivity index (χ2v) is 4.93. The van der Waals surface area contributed by atoms with Crippen molar-refractivity contribution in [2.75, 3.05) is 11.9 Å². The summed E-state index contributed by atoms with van der Waals surface area (Å²) in [5, 5.41) is 19.0. The lowest BCUT2D eigenvalue weighted by Crippen LogP contribution is -2.03. The molecule has 0 bridgehead atoms. The van der Waals surface area contributed by atoms with Gasteiger partial charge in [-0.15, -0.1) is 5.10 Å². The average molecular weight is 315 g/mol. The van der Waals surface area contributed by atoms with Gasteiger partial charge in [0.05, 0.1) is 4.92 Å². The summed E-state index contributed by atoms with van der Waals surface area (Å²) in [5.41, 5.74) is 0.437. The van der Waals surface area contributed by atoms with Gasteiger partial charge in [-0.2, -0.15) is 0 Å². The van der Waals surface area contributed by atoms with Crippen LogP contribution in [0.2, 0.25) is 5.02 Å². The van der Waals surface area contributed by atoms with Gasteiger partial charge in [-0.1, -0.05) is 16.1 Å². The minimum Gasteiger partial charge on any atom is -0.480 e. The molecule has 9 heteroatoms. The van der Waals surface area contributed by atoms with Gasteiger partial charge in [0, 0.05) is 29.2 Å². The molecule has 1 heterocycles. The molecule has 0 spiro atoms. The first-order valence-electron chi connectivity index (χ1n) is 5.73. The van der Waals surface area contributed by atoms with Crippen LogP contribution in [0, 0.1) is 10.1 Å². The van der Waals surface area contributed by atoms with Crippen LogP contribution < -0.4 is 10.1 Å². The van der Waals surface area contributed by atoms with Crippen LogP contribution in [-0.2, 0) is 6.61 Å². The van der Waals surface area contributed by atoms with Crippen LogP contribution in [0.5, 0.6) is 5.75 Å². The molecule has 0 unspecified atom stereocenters. The summed E-state index contributed by atoms with van der Waals surface area (Å²) >= 11 is 6.95. The Morgan fingerprint density at radius 1 is 1.55 bits per heavy atom. The number of nitrogens with one attached hydrogen (secondary N) is 1. The van der Waals surface area contributed by atoms with Crippen LogP contribution in [0.25, 0.3) is 0 Å². The lowest BCUT2D eigenvalue weighted by atomic mass is 10.3. The third-order valence-electron chi connectivity index (χ3n) is 2.38. The number of nitro benzene ring substituents is 1. The summed E-state index contributed by atoms with van der Waals surface area (Å²) in [7, 11) is 0. The van der Waals surface area contributed by atoms with Crippen molar-refractivity contribution in [3.05, 3.63) is 39.0 Å². The molecule has 0 amide bonds. The molecule has 1 aromatic carbocycles. The highest BCUT2D eigenvalue weighted by Crippen LogP contribution is 2.31. The summed E-state index contributed by atoms with van der Waals surface area (Å²) in [6.07, 6.45) is 0. The van der Waals surface area contributed by atoms with Gasteiger partial charge in [0.2, 0.25) is 0 Å². The Morgan fingerprint density at radius 2 is 2.35 bits per heavy atom. The number of hydrogen-bond acceptors (Lipinski definition) is 7. The topological polar surface area (TPSA) is 90.2 Å². The van der Waals surface area contributed by atoms with E-state index in [0.29, 0.717) is 5.69 Å². The molecular weight excluding hydrogens is 304 g/mol. The first-order chi connectivity index (χ1) is 9.61. The van der Waals surface area contributed by atoms with E-state index in [-0.39, 0.29) is 23.1 Å². The fourth-order valence-electron chi connectivity index (χ4n) is 1.50. The highest BCUT2D eigenvalue weighted by molar-refractivity contribution is 7.10. The van der Waals surface area contributed by atoms with Gasteiger partial charge in [0.25, 0.3) is 0 Å². The maximum Gasteiger partial charge on any atom is 0.312 e. The van der Waals surface area contributed by atoms with Crippen LogP contribution in [0.3, 0.4) is 0 Å². The van der Waals surface area contributed by atoms with Crippen LogP contribution in [-0.4, -0.2) is 21.1 Å². The molecule has 0 saturated heterocycles. The Kier molecular flexibility index (Phi) is 4.70. The van der Waals surface area contributed by atoms with Gasteiger partial charge >= 0.3 is 5.69 Å². The Labute approximate surface area is 123 Å². The number of nitro groups is 1. The van der Waals surface area contributed by atoms with Crippen LogP contribution in [0.4, 0.5) is 10.7 Å². The van der Waals surface area contributed by atoms with E-state index in [0.717, 1.165) is 11.5 Å². The molecule has 20 heavy (non-hydrogen) atoms. The van der Waals surface area contributed by atoms with Crippen molar-refractivity contribution < 1.29 is 9.66 Å². The predicted molar refractivity (Wildman–Crippen MR) is 76.5 cm³/mol. The Hall–Kier alpha value is -1.93. The molecule has 106 valence electrons. The van der Waals surface area contributed by atoms with Gasteiger partial charge in [-0.25, -0.2) is 0 Å². The third kappa shape index (κ3) is 3.34. The predicted octanol–water partition coefficient (Wildman–Crippen LogP) is 3.11. The second-order valence-electron chi connectivity index (χ2n) is 3.74. The SMILES string of the molecule is CCNc1snnc1COc1ccc(Cl)cc1[N+](=O)[O-]. The molecule has 2 aromatic rings. The van der Waals surface area contributed by atoms with E-state index in [2.05, 4.69) is 14.9 Å². The zero-order valence-electron chi connectivity index (χ0n) is 10.5. The maximum atomic E-state index is 10.9. The van der Waals surface area contributed by atoms with Gasteiger partial charge < -0.3 is 10.1 Å². The highest BCUT2D eigenvalue weighted by Gasteiger charge is 2.17. The van der Waals surface area contributed by atoms with Crippen molar-refractivity contribution >= 4 is 33.8 Å². The largest absolute Gasteiger partial charge is 0.480 e. The molecule has 1 aromatic heterocycles. The number of halogens is 1. The number of anilines is 1. The molecule has 1 N–H and O–H groups in total. The first kappa shape index (κ1) is 14.5. The van der Waals surface area contributed by atoms with Gasteiger partial charge in [0.15, 0.2) is 5.75 Å². The zero-order chi connectivity index (χ0) is 14.5. The lowest BCUT2D eigenvalue weighted by molar-refractivity contribution is -0.385. The molecule has 0 fully saturated rings.